The maximum atomic E-state index is 15.1. The lowest BCUT2D eigenvalue weighted by Gasteiger charge is -2.51. The Morgan fingerprint density at radius 3 is 2.66 bits per heavy atom. The van der Waals surface area contributed by atoms with Crippen molar-refractivity contribution in [3.63, 3.8) is 0 Å². The summed E-state index contributed by atoms with van der Waals surface area (Å²) in [6.07, 6.45) is 4.72. The minimum Gasteiger partial charge on any atom is -0.492 e. The Morgan fingerprint density at radius 2 is 2.09 bits per heavy atom. The molecule has 3 heterocycles. The number of ether oxygens (including phenoxy) is 1. The van der Waals surface area contributed by atoms with Crippen LogP contribution in [0.4, 0.5) is 8.78 Å². The van der Waals surface area contributed by atoms with E-state index in [1.54, 1.807) is 30.2 Å². The normalized spacial score (nSPS) is 25.1. The molecule has 1 aliphatic carbocycles. The molecule has 3 N–H and O–H groups in total. The topological polar surface area (TPSA) is 101 Å². The van der Waals surface area contributed by atoms with Crippen molar-refractivity contribution in [3.05, 3.63) is 58.3 Å². The smallest absolute Gasteiger partial charge is 0.259 e. The molecule has 2 aromatic rings. The molecule has 1 amide bonds. The van der Waals surface area contributed by atoms with E-state index in [1.807, 2.05) is 0 Å². The lowest BCUT2D eigenvalue weighted by molar-refractivity contribution is -0.152. The molecule has 0 aromatic carbocycles. The molecule has 1 saturated heterocycles. The molecule has 2 aromatic heterocycles. The number of alkyl halides is 2. The number of aromatic nitrogens is 2. The summed E-state index contributed by atoms with van der Waals surface area (Å²) in [5.41, 5.74) is 3.06. The van der Waals surface area contributed by atoms with E-state index in [4.69, 9.17) is 10.5 Å². The quantitative estimate of drug-likeness (QED) is 0.681. The summed E-state index contributed by atoms with van der Waals surface area (Å²) in [4.78, 5) is 32.6. The van der Waals surface area contributed by atoms with Crippen molar-refractivity contribution < 1.29 is 18.3 Å². The summed E-state index contributed by atoms with van der Waals surface area (Å²) in [5.74, 6) is -2.54. The van der Waals surface area contributed by atoms with Crippen molar-refractivity contribution in [1.82, 2.24) is 14.9 Å². The first kappa shape index (κ1) is 22.4. The maximum absolute atomic E-state index is 15.1. The highest BCUT2D eigenvalue weighted by Crippen LogP contribution is 2.47. The number of pyridine rings is 2. The van der Waals surface area contributed by atoms with Gasteiger partial charge >= 0.3 is 0 Å². The van der Waals surface area contributed by atoms with E-state index in [1.165, 1.54) is 38.1 Å². The van der Waals surface area contributed by atoms with Gasteiger partial charge in [-0.05, 0) is 50.3 Å². The molecular weight excluding hydrogens is 418 g/mol. The van der Waals surface area contributed by atoms with Crippen molar-refractivity contribution in [1.29, 1.82) is 0 Å². The van der Waals surface area contributed by atoms with Gasteiger partial charge < -0.3 is 15.5 Å². The molecule has 2 unspecified atom stereocenters. The van der Waals surface area contributed by atoms with Gasteiger partial charge in [0.1, 0.15) is 11.3 Å². The number of nitrogens with zero attached hydrogens (tertiary/aromatic N) is 2. The number of nitrogens with one attached hydrogen (secondary N) is 1. The number of hydrogen-bond acceptors (Lipinski definition) is 5. The zero-order valence-electron chi connectivity index (χ0n) is 18.2. The fourth-order valence-electron chi connectivity index (χ4n) is 4.26. The monoisotopic (exact) mass is 446 g/mol. The minimum absolute atomic E-state index is 0.0347. The van der Waals surface area contributed by atoms with Gasteiger partial charge in [-0.2, -0.15) is 0 Å². The molecule has 32 heavy (non-hydrogen) atoms. The average Bonchev–Trinajstić information content (AvgIpc) is 3.59. The molecule has 2 fully saturated rings. The van der Waals surface area contributed by atoms with Crippen LogP contribution >= 0.6 is 0 Å². The molecule has 4 rings (SSSR count). The van der Waals surface area contributed by atoms with Crippen molar-refractivity contribution in [3.8, 4) is 5.75 Å². The summed E-state index contributed by atoms with van der Waals surface area (Å²) < 4.78 is 36.0. The van der Waals surface area contributed by atoms with E-state index in [0.29, 0.717) is 24.0 Å². The first-order valence-electron chi connectivity index (χ1n) is 10.8. The van der Waals surface area contributed by atoms with Gasteiger partial charge in [0, 0.05) is 31.8 Å². The highest BCUT2D eigenvalue weighted by Gasteiger charge is 2.58. The first-order chi connectivity index (χ1) is 15.1. The second-order valence-corrected chi connectivity index (χ2v) is 9.22. The SMILES string of the molecule is CC(C(N)=O)(c1ccc(OCC2CC2)cn1)N1CCC(F)(F)C(C)(c2ccc(=O)[nH]c2)C1. The van der Waals surface area contributed by atoms with Crippen molar-refractivity contribution >= 4 is 5.91 Å². The average molecular weight is 446 g/mol. The van der Waals surface area contributed by atoms with Crippen LogP contribution in [-0.2, 0) is 15.7 Å². The molecule has 7 nitrogen and oxygen atoms in total. The zero-order valence-corrected chi connectivity index (χ0v) is 18.2. The molecule has 1 saturated carbocycles. The minimum atomic E-state index is -3.05. The number of primary amides is 1. The fraction of sp³-hybridized carbons (Fsp3) is 0.522. The van der Waals surface area contributed by atoms with Gasteiger partial charge in [-0.15, -0.1) is 0 Å². The van der Waals surface area contributed by atoms with E-state index in [0.717, 1.165) is 0 Å². The molecule has 172 valence electrons. The Kier molecular flexibility index (Phi) is 5.56. The molecule has 1 aliphatic heterocycles. The number of amides is 1. The van der Waals surface area contributed by atoms with Crippen LogP contribution in [0.5, 0.6) is 5.75 Å². The first-order valence-corrected chi connectivity index (χ1v) is 10.8. The Hall–Kier alpha value is -2.81. The summed E-state index contributed by atoms with van der Waals surface area (Å²) in [6.45, 7) is 3.50. The largest absolute Gasteiger partial charge is 0.492 e. The molecule has 0 spiro atoms. The molecular formula is C23H28F2N4O3. The maximum Gasteiger partial charge on any atom is 0.259 e. The Bertz CT molecular complexity index is 1030. The van der Waals surface area contributed by atoms with Gasteiger partial charge in [0.15, 0.2) is 0 Å². The van der Waals surface area contributed by atoms with E-state index < -0.39 is 29.2 Å². The number of hydrogen-bond donors (Lipinski definition) is 2. The number of carbonyl (C=O) groups excluding carboxylic acids is 1. The predicted molar refractivity (Wildman–Crippen MR) is 115 cm³/mol. The summed E-state index contributed by atoms with van der Waals surface area (Å²) in [6, 6.07) is 6.02. The van der Waals surface area contributed by atoms with Crippen molar-refractivity contribution in [2.75, 3.05) is 19.7 Å². The van der Waals surface area contributed by atoms with Crippen molar-refractivity contribution in [2.24, 2.45) is 11.7 Å². The standard InChI is InChI=1S/C23H28F2N4O3/c1-21(16-5-8-19(30)28-11-16)14-29(10-9-23(21,24)25)22(2,20(26)31)18-7-6-17(12-27-18)32-13-15-3-4-15/h5-8,11-12,15H,3-4,9-10,13-14H2,1-2H3,(H2,26,31)(H,28,30). The molecule has 2 atom stereocenters. The van der Waals surface area contributed by atoms with E-state index in [-0.39, 0.29) is 24.2 Å². The van der Waals surface area contributed by atoms with Crippen LogP contribution in [0.3, 0.4) is 0 Å². The third kappa shape index (κ3) is 3.90. The number of likely N-dealkylation sites (tertiary alicyclic amines) is 1. The number of nitrogens with two attached hydrogens (primary N) is 1. The van der Waals surface area contributed by atoms with E-state index in [2.05, 4.69) is 9.97 Å². The Labute approximate surface area is 185 Å². The number of piperidine rings is 1. The van der Waals surface area contributed by atoms with Crippen LogP contribution in [-0.4, -0.2) is 46.4 Å². The molecule has 9 heteroatoms. The van der Waals surface area contributed by atoms with Crippen LogP contribution in [0, 0.1) is 5.92 Å². The van der Waals surface area contributed by atoms with Gasteiger partial charge in [0.25, 0.3) is 5.92 Å². The van der Waals surface area contributed by atoms with E-state index >= 15 is 8.78 Å². The zero-order chi connectivity index (χ0) is 23.1. The second-order valence-electron chi connectivity index (χ2n) is 9.22. The third-order valence-electron chi connectivity index (χ3n) is 6.96. The van der Waals surface area contributed by atoms with Gasteiger partial charge in [0.05, 0.1) is 23.9 Å². The molecule has 2 aliphatic rings. The van der Waals surface area contributed by atoms with Crippen molar-refractivity contribution in [2.45, 2.75) is 50.0 Å². The highest BCUT2D eigenvalue weighted by atomic mass is 19.3. The Morgan fingerprint density at radius 1 is 1.34 bits per heavy atom. The third-order valence-corrected chi connectivity index (χ3v) is 6.96. The number of aromatic amines is 1. The van der Waals surface area contributed by atoms with Crippen LogP contribution < -0.4 is 16.0 Å². The lowest BCUT2D eigenvalue weighted by atomic mass is 9.71. The van der Waals surface area contributed by atoms with Crippen LogP contribution in [0.25, 0.3) is 0 Å². The van der Waals surface area contributed by atoms with Gasteiger partial charge in [-0.1, -0.05) is 6.07 Å². The predicted octanol–water partition coefficient (Wildman–Crippen LogP) is 2.56. The number of H-pyrrole nitrogens is 1. The van der Waals surface area contributed by atoms with E-state index in [9.17, 15) is 9.59 Å². The summed E-state index contributed by atoms with van der Waals surface area (Å²) >= 11 is 0. The second kappa shape index (κ2) is 7.95. The van der Waals surface area contributed by atoms with Gasteiger partial charge in [0.2, 0.25) is 11.5 Å². The Balaban J connectivity index is 1.64. The van der Waals surface area contributed by atoms with Gasteiger partial charge in [-0.25, -0.2) is 8.78 Å². The highest BCUT2D eigenvalue weighted by molar-refractivity contribution is 5.85. The number of carbonyl (C=O) groups is 1. The summed E-state index contributed by atoms with van der Waals surface area (Å²) in [7, 11) is 0. The number of rotatable bonds is 7. The van der Waals surface area contributed by atoms with Crippen LogP contribution in [0.15, 0.2) is 41.5 Å². The van der Waals surface area contributed by atoms with Crippen LogP contribution in [0.1, 0.15) is 44.4 Å². The molecule has 0 radical (unpaired) electrons. The lowest BCUT2D eigenvalue weighted by Crippen LogP contribution is -2.64. The van der Waals surface area contributed by atoms with Crippen LogP contribution in [0.2, 0.25) is 0 Å². The molecule has 0 bridgehead atoms. The fourth-order valence-corrected chi connectivity index (χ4v) is 4.26. The van der Waals surface area contributed by atoms with Gasteiger partial charge in [-0.3, -0.25) is 19.5 Å². The number of halogens is 2. The summed E-state index contributed by atoms with van der Waals surface area (Å²) in [5, 5.41) is 0.